The Morgan fingerprint density at radius 3 is 2.47 bits per heavy atom. The van der Waals surface area contributed by atoms with Crippen LogP contribution in [0.25, 0.3) is 0 Å². The molecule has 0 unspecified atom stereocenters. The fourth-order valence-electron chi connectivity index (χ4n) is 2.25. The lowest BCUT2D eigenvalue weighted by Crippen LogP contribution is -2.40. The van der Waals surface area contributed by atoms with Gasteiger partial charge >= 0.3 is 0 Å². The lowest BCUT2D eigenvalue weighted by molar-refractivity contribution is -0.128. The van der Waals surface area contributed by atoms with Gasteiger partial charge in [-0.2, -0.15) is 0 Å². The van der Waals surface area contributed by atoms with Crippen LogP contribution < -0.4 is 5.32 Å². The third-order valence-corrected chi connectivity index (χ3v) is 3.49. The Balaban J connectivity index is 1.82. The predicted octanol–water partition coefficient (Wildman–Crippen LogP) is 1.22. The molecule has 92 valence electrons. The minimum Gasteiger partial charge on any atom is -0.345 e. The molecule has 1 N–H and O–H groups in total. The summed E-state index contributed by atoms with van der Waals surface area (Å²) in [6.45, 7) is 3.21. The van der Waals surface area contributed by atoms with Crippen LogP contribution in [0.2, 0.25) is 0 Å². The van der Waals surface area contributed by atoms with Crippen LogP contribution in [0.5, 0.6) is 0 Å². The van der Waals surface area contributed by atoms with Gasteiger partial charge in [0.25, 0.3) is 0 Å². The van der Waals surface area contributed by atoms with Crippen LogP contribution in [0.15, 0.2) is 24.3 Å². The van der Waals surface area contributed by atoms with Crippen LogP contribution in [0.1, 0.15) is 18.1 Å². The molecule has 0 saturated carbocycles. The number of nitrogens with one attached hydrogen (secondary N) is 1. The molecule has 1 amide bonds. The largest absolute Gasteiger partial charge is 0.345 e. The summed E-state index contributed by atoms with van der Waals surface area (Å²) in [6, 6.07) is 8.93. The minimum absolute atomic E-state index is 0.170. The number of rotatable bonds is 4. The average molecular weight is 232 g/mol. The van der Waals surface area contributed by atoms with Gasteiger partial charge in [0.2, 0.25) is 5.91 Å². The molecule has 0 bridgehead atoms. The van der Waals surface area contributed by atoms with E-state index in [2.05, 4.69) is 29.6 Å². The van der Waals surface area contributed by atoms with Gasteiger partial charge in [0, 0.05) is 19.6 Å². The van der Waals surface area contributed by atoms with Crippen LogP contribution in [-0.4, -0.2) is 37.0 Å². The fraction of sp³-hybridized carbons (Fsp3) is 0.500. The van der Waals surface area contributed by atoms with Crippen molar-refractivity contribution in [1.82, 2.24) is 10.2 Å². The lowest BCUT2D eigenvalue weighted by atomic mass is 10.1. The van der Waals surface area contributed by atoms with E-state index in [0.29, 0.717) is 12.6 Å². The Kier molecular flexibility index (Phi) is 3.79. The molecule has 1 aromatic carbocycles. The number of hydrogen-bond acceptors (Lipinski definition) is 2. The molecule has 1 aliphatic carbocycles. The second-order valence-corrected chi connectivity index (χ2v) is 4.66. The zero-order valence-electron chi connectivity index (χ0n) is 10.6. The molecule has 0 radical (unpaired) electrons. The van der Waals surface area contributed by atoms with Gasteiger partial charge in [-0.1, -0.05) is 24.3 Å². The van der Waals surface area contributed by atoms with Crippen molar-refractivity contribution in [2.75, 3.05) is 20.1 Å². The molecule has 0 saturated heterocycles. The van der Waals surface area contributed by atoms with Crippen LogP contribution in [0.4, 0.5) is 0 Å². The van der Waals surface area contributed by atoms with Gasteiger partial charge < -0.3 is 10.2 Å². The quantitative estimate of drug-likeness (QED) is 0.846. The maximum Gasteiger partial charge on any atom is 0.236 e. The van der Waals surface area contributed by atoms with E-state index in [1.165, 1.54) is 11.1 Å². The summed E-state index contributed by atoms with van der Waals surface area (Å²) < 4.78 is 0. The number of carbonyl (C=O) groups excluding carboxylic acids is 1. The van der Waals surface area contributed by atoms with E-state index < -0.39 is 0 Å². The number of amides is 1. The van der Waals surface area contributed by atoms with Crippen molar-refractivity contribution in [2.45, 2.75) is 25.8 Å². The number of nitrogens with zero attached hydrogens (tertiary/aromatic N) is 1. The number of hydrogen-bond donors (Lipinski definition) is 1. The maximum absolute atomic E-state index is 11.7. The molecule has 0 aromatic heterocycles. The second-order valence-electron chi connectivity index (χ2n) is 4.66. The molecular formula is C14H20N2O. The molecule has 3 nitrogen and oxygen atoms in total. The molecule has 0 atom stereocenters. The predicted molar refractivity (Wildman–Crippen MR) is 69.0 cm³/mol. The van der Waals surface area contributed by atoms with E-state index in [0.717, 1.165) is 19.4 Å². The highest BCUT2D eigenvalue weighted by Crippen LogP contribution is 2.21. The van der Waals surface area contributed by atoms with Crippen LogP contribution in [-0.2, 0) is 17.6 Å². The number of benzene rings is 1. The van der Waals surface area contributed by atoms with Crippen LogP contribution in [0.3, 0.4) is 0 Å². The van der Waals surface area contributed by atoms with Crippen molar-refractivity contribution in [3.05, 3.63) is 35.4 Å². The van der Waals surface area contributed by atoms with E-state index >= 15 is 0 Å². The molecule has 3 heteroatoms. The fourth-order valence-corrected chi connectivity index (χ4v) is 2.25. The Morgan fingerprint density at radius 1 is 1.35 bits per heavy atom. The van der Waals surface area contributed by atoms with Crippen molar-refractivity contribution < 1.29 is 4.79 Å². The second kappa shape index (κ2) is 5.32. The highest BCUT2D eigenvalue weighted by Gasteiger charge is 2.21. The zero-order valence-corrected chi connectivity index (χ0v) is 10.6. The van der Waals surface area contributed by atoms with Gasteiger partial charge in [-0.15, -0.1) is 0 Å². The van der Waals surface area contributed by atoms with Gasteiger partial charge in [0.05, 0.1) is 6.54 Å². The summed E-state index contributed by atoms with van der Waals surface area (Å²) in [5.74, 6) is 0.170. The first-order chi connectivity index (χ1) is 8.20. The Labute approximate surface area is 103 Å². The van der Waals surface area contributed by atoms with E-state index in [9.17, 15) is 4.79 Å². The highest BCUT2D eigenvalue weighted by molar-refractivity contribution is 5.77. The third-order valence-electron chi connectivity index (χ3n) is 3.49. The van der Waals surface area contributed by atoms with Gasteiger partial charge in [-0.3, -0.25) is 4.79 Å². The standard InChI is InChI=1S/C14H20N2O/c1-3-16(2)14(17)10-15-13-8-11-6-4-5-7-12(11)9-13/h4-7,13,15H,3,8-10H2,1-2H3. The summed E-state index contributed by atoms with van der Waals surface area (Å²) in [4.78, 5) is 13.4. The normalized spacial score (nSPS) is 14.7. The Bertz CT molecular complexity index is 378. The first-order valence-electron chi connectivity index (χ1n) is 6.25. The van der Waals surface area contributed by atoms with Crippen molar-refractivity contribution in [3.8, 4) is 0 Å². The molecule has 1 aromatic rings. The Hall–Kier alpha value is -1.35. The molecule has 0 fully saturated rings. The number of likely N-dealkylation sites (N-methyl/N-ethyl adjacent to an activating group) is 1. The zero-order chi connectivity index (χ0) is 12.3. The van der Waals surface area contributed by atoms with Gasteiger partial charge in [-0.25, -0.2) is 0 Å². The lowest BCUT2D eigenvalue weighted by Gasteiger charge is -2.17. The van der Waals surface area contributed by atoms with Crippen molar-refractivity contribution in [1.29, 1.82) is 0 Å². The molecule has 0 spiro atoms. The van der Waals surface area contributed by atoms with Crippen molar-refractivity contribution in [2.24, 2.45) is 0 Å². The molecule has 1 aliphatic rings. The van der Waals surface area contributed by atoms with Crippen molar-refractivity contribution >= 4 is 5.91 Å². The topological polar surface area (TPSA) is 32.3 Å². The van der Waals surface area contributed by atoms with Gasteiger partial charge in [0.1, 0.15) is 0 Å². The van der Waals surface area contributed by atoms with Gasteiger partial charge in [-0.05, 0) is 30.9 Å². The van der Waals surface area contributed by atoms with Crippen LogP contribution in [0, 0.1) is 0 Å². The number of fused-ring (bicyclic) bond motifs is 1. The molecule has 0 aliphatic heterocycles. The van der Waals surface area contributed by atoms with E-state index in [1.54, 1.807) is 4.90 Å². The summed E-state index contributed by atoms with van der Waals surface area (Å²) in [7, 11) is 1.84. The average Bonchev–Trinajstić information content (AvgIpc) is 2.77. The Morgan fingerprint density at radius 2 is 1.94 bits per heavy atom. The SMILES string of the molecule is CCN(C)C(=O)CNC1Cc2ccccc2C1. The van der Waals surface area contributed by atoms with Crippen LogP contribution >= 0.6 is 0 Å². The first-order valence-corrected chi connectivity index (χ1v) is 6.25. The molecule has 2 rings (SSSR count). The molecule has 0 heterocycles. The smallest absolute Gasteiger partial charge is 0.236 e. The summed E-state index contributed by atoms with van der Waals surface area (Å²) in [6.07, 6.45) is 2.08. The highest BCUT2D eigenvalue weighted by atomic mass is 16.2. The van der Waals surface area contributed by atoms with E-state index in [4.69, 9.17) is 0 Å². The first kappa shape index (κ1) is 12.1. The van der Waals surface area contributed by atoms with E-state index in [1.807, 2.05) is 14.0 Å². The maximum atomic E-state index is 11.7. The monoisotopic (exact) mass is 232 g/mol. The summed E-state index contributed by atoms with van der Waals surface area (Å²) >= 11 is 0. The number of carbonyl (C=O) groups is 1. The van der Waals surface area contributed by atoms with E-state index in [-0.39, 0.29) is 5.91 Å². The van der Waals surface area contributed by atoms with Gasteiger partial charge in [0.15, 0.2) is 0 Å². The molecular weight excluding hydrogens is 212 g/mol. The van der Waals surface area contributed by atoms with Crippen molar-refractivity contribution in [3.63, 3.8) is 0 Å². The third kappa shape index (κ3) is 2.86. The molecule has 17 heavy (non-hydrogen) atoms. The minimum atomic E-state index is 0.170. The summed E-state index contributed by atoms with van der Waals surface area (Å²) in [5.41, 5.74) is 2.84. The summed E-state index contributed by atoms with van der Waals surface area (Å²) in [5, 5.41) is 3.35.